The number of nitrogens with one attached hydrogen (secondary N) is 1. The molecule has 0 radical (unpaired) electrons. The average Bonchev–Trinajstić information content (AvgIpc) is 2.92. The molecular formula is C31H31NO5. The van der Waals surface area contributed by atoms with Crippen LogP contribution in [0.3, 0.4) is 0 Å². The van der Waals surface area contributed by atoms with Crippen molar-refractivity contribution in [3.8, 4) is 17.2 Å². The Morgan fingerprint density at radius 2 is 1.59 bits per heavy atom. The number of ketones is 1. The van der Waals surface area contributed by atoms with Crippen molar-refractivity contribution in [2.24, 2.45) is 0 Å². The molecule has 0 aromatic heterocycles. The summed E-state index contributed by atoms with van der Waals surface area (Å²) in [5.41, 5.74) is 4.43. The molecule has 0 saturated heterocycles. The van der Waals surface area contributed by atoms with Gasteiger partial charge in [-0.1, -0.05) is 48.5 Å². The monoisotopic (exact) mass is 497 g/mol. The van der Waals surface area contributed by atoms with Gasteiger partial charge in [0.15, 0.2) is 17.3 Å². The van der Waals surface area contributed by atoms with Crippen LogP contribution in [0.15, 0.2) is 84.1 Å². The van der Waals surface area contributed by atoms with E-state index in [9.17, 15) is 9.59 Å². The Labute approximate surface area is 217 Å². The number of carbonyl (C=O) groups excluding carboxylic acids is 2. The molecule has 1 amide bonds. The van der Waals surface area contributed by atoms with Crippen LogP contribution in [0.5, 0.6) is 17.2 Å². The first kappa shape index (κ1) is 24.6. The van der Waals surface area contributed by atoms with E-state index in [2.05, 4.69) is 5.32 Å². The number of methoxy groups -OCH3 is 1. The number of ether oxygens (including phenoxy) is 3. The SMILES string of the molecule is CCOc1ccc(C2CC(=O)C3=C(C2)NC(=O)CC3c2ccc(OC)c(OCc3ccccc3)c2)cc1. The van der Waals surface area contributed by atoms with E-state index in [0.29, 0.717) is 43.1 Å². The lowest BCUT2D eigenvalue weighted by atomic mass is 9.73. The molecule has 1 aliphatic carbocycles. The fraction of sp³-hybridized carbons (Fsp3) is 0.290. The van der Waals surface area contributed by atoms with Crippen LogP contribution in [0.2, 0.25) is 0 Å². The first-order valence-corrected chi connectivity index (χ1v) is 12.7. The molecule has 5 rings (SSSR count). The molecule has 0 fully saturated rings. The second-order valence-corrected chi connectivity index (χ2v) is 9.41. The average molecular weight is 498 g/mol. The maximum Gasteiger partial charge on any atom is 0.225 e. The molecule has 0 bridgehead atoms. The van der Waals surface area contributed by atoms with E-state index in [-0.39, 0.29) is 29.9 Å². The van der Waals surface area contributed by atoms with E-state index < -0.39 is 0 Å². The van der Waals surface area contributed by atoms with Gasteiger partial charge in [-0.25, -0.2) is 0 Å². The zero-order valence-corrected chi connectivity index (χ0v) is 21.2. The molecule has 1 heterocycles. The van der Waals surface area contributed by atoms with Gasteiger partial charge >= 0.3 is 0 Å². The number of carbonyl (C=O) groups is 2. The third-order valence-corrected chi connectivity index (χ3v) is 7.03. The summed E-state index contributed by atoms with van der Waals surface area (Å²) in [4.78, 5) is 26.3. The van der Waals surface area contributed by atoms with Gasteiger partial charge in [0.1, 0.15) is 12.4 Å². The van der Waals surface area contributed by atoms with Gasteiger partial charge < -0.3 is 19.5 Å². The van der Waals surface area contributed by atoms with E-state index in [1.54, 1.807) is 7.11 Å². The highest BCUT2D eigenvalue weighted by Gasteiger charge is 2.38. The minimum absolute atomic E-state index is 0.0154. The van der Waals surface area contributed by atoms with E-state index >= 15 is 0 Å². The minimum Gasteiger partial charge on any atom is -0.494 e. The predicted octanol–water partition coefficient (Wildman–Crippen LogP) is 5.68. The standard InChI is InChI=1S/C31H31NO5/c1-3-36-24-12-9-21(10-13-24)23-15-26-31(27(33)16-23)25(18-30(34)32-26)22-11-14-28(35-2)29(17-22)37-19-20-7-5-4-6-8-20/h4-14,17,23,25H,3,15-16,18-19H2,1-2H3,(H,32,34). The zero-order chi connectivity index (χ0) is 25.8. The minimum atomic E-state index is -0.317. The Bertz CT molecular complexity index is 1310. The van der Waals surface area contributed by atoms with Crippen LogP contribution < -0.4 is 19.5 Å². The van der Waals surface area contributed by atoms with E-state index in [1.807, 2.05) is 79.7 Å². The van der Waals surface area contributed by atoms with Crippen LogP contribution >= 0.6 is 0 Å². The fourth-order valence-electron chi connectivity index (χ4n) is 5.24. The summed E-state index contributed by atoms with van der Waals surface area (Å²) in [6.45, 7) is 2.95. The Morgan fingerprint density at radius 3 is 2.32 bits per heavy atom. The van der Waals surface area contributed by atoms with Gasteiger partial charge in [-0.15, -0.1) is 0 Å². The number of benzene rings is 3. The molecule has 6 heteroatoms. The number of amides is 1. The Hall–Kier alpha value is -4.06. The van der Waals surface area contributed by atoms with Crippen LogP contribution in [0, 0.1) is 0 Å². The molecule has 1 aliphatic heterocycles. The van der Waals surface area contributed by atoms with Gasteiger partial charge in [-0.2, -0.15) is 0 Å². The van der Waals surface area contributed by atoms with Crippen LogP contribution in [0.1, 0.15) is 54.7 Å². The number of hydrogen-bond donors (Lipinski definition) is 1. The number of rotatable bonds is 8. The molecule has 2 aliphatic rings. The van der Waals surface area contributed by atoms with E-state index in [1.165, 1.54) is 0 Å². The first-order chi connectivity index (χ1) is 18.1. The van der Waals surface area contributed by atoms with Gasteiger partial charge in [0, 0.05) is 30.0 Å². The third kappa shape index (κ3) is 5.38. The summed E-state index contributed by atoms with van der Waals surface area (Å²) < 4.78 is 17.2. The van der Waals surface area contributed by atoms with Gasteiger partial charge in [0.05, 0.1) is 13.7 Å². The molecule has 2 atom stereocenters. The largest absolute Gasteiger partial charge is 0.494 e. The van der Waals surface area contributed by atoms with E-state index in [4.69, 9.17) is 14.2 Å². The number of allylic oxidation sites excluding steroid dienone is 2. The van der Waals surface area contributed by atoms with Crippen molar-refractivity contribution in [1.29, 1.82) is 0 Å². The van der Waals surface area contributed by atoms with Crippen molar-refractivity contribution in [3.63, 3.8) is 0 Å². The maximum absolute atomic E-state index is 13.5. The Kier molecular flexibility index (Phi) is 7.26. The number of hydrogen-bond acceptors (Lipinski definition) is 5. The smallest absolute Gasteiger partial charge is 0.225 e. The van der Waals surface area contributed by atoms with E-state index in [0.717, 1.165) is 28.1 Å². The molecule has 0 spiro atoms. The third-order valence-electron chi connectivity index (χ3n) is 7.03. The van der Waals surface area contributed by atoms with Gasteiger partial charge in [0.25, 0.3) is 0 Å². The van der Waals surface area contributed by atoms with Crippen molar-refractivity contribution in [3.05, 3.63) is 101 Å². The summed E-state index contributed by atoms with van der Waals surface area (Å²) in [6.07, 6.45) is 1.25. The summed E-state index contributed by atoms with van der Waals surface area (Å²) in [5, 5.41) is 3.00. The Balaban J connectivity index is 1.42. The highest BCUT2D eigenvalue weighted by atomic mass is 16.5. The van der Waals surface area contributed by atoms with Gasteiger partial charge in [-0.05, 0) is 60.2 Å². The van der Waals surface area contributed by atoms with Crippen LogP contribution in [-0.2, 0) is 16.2 Å². The molecule has 190 valence electrons. The summed E-state index contributed by atoms with van der Waals surface area (Å²) in [7, 11) is 1.60. The molecule has 3 aromatic rings. The fourth-order valence-corrected chi connectivity index (χ4v) is 5.24. The lowest BCUT2D eigenvalue weighted by molar-refractivity contribution is -0.122. The molecule has 0 saturated carbocycles. The van der Waals surface area contributed by atoms with Crippen LogP contribution in [0.4, 0.5) is 0 Å². The predicted molar refractivity (Wildman–Crippen MR) is 141 cm³/mol. The number of Topliss-reactive ketones (excluding diaryl/α,β-unsaturated/α-hetero) is 1. The highest BCUT2D eigenvalue weighted by Crippen LogP contribution is 2.44. The van der Waals surface area contributed by atoms with Crippen molar-refractivity contribution < 1.29 is 23.8 Å². The highest BCUT2D eigenvalue weighted by molar-refractivity contribution is 6.02. The lowest BCUT2D eigenvalue weighted by Gasteiger charge is -2.34. The van der Waals surface area contributed by atoms with Crippen LogP contribution in [0.25, 0.3) is 0 Å². The van der Waals surface area contributed by atoms with Crippen molar-refractivity contribution >= 4 is 11.7 Å². The summed E-state index contributed by atoms with van der Waals surface area (Å²) >= 11 is 0. The quantitative estimate of drug-likeness (QED) is 0.434. The van der Waals surface area contributed by atoms with Crippen molar-refractivity contribution in [1.82, 2.24) is 5.32 Å². The van der Waals surface area contributed by atoms with Crippen LogP contribution in [-0.4, -0.2) is 25.4 Å². The molecule has 2 unspecified atom stereocenters. The van der Waals surface area contributed by atoms with Gasteiger partial charge in [0.2, 0.25) is 5.91 Å². The summed E-state index contributed by atoms with van der Waals surface area (Å²) in [5.74, 6) is 1.71. The molecule has 3 aromatic carbocycles. The summed E-state index contributed by atoms with van der Waals surface area (Å²) in [6, 6.07) is 23.5. The molecule has 6 nitrogen and oxygen atoms in total. The van der Waals surface area contributed by atoms with Crippen molar-refractivity contribution in [2.45, 2.75) is 44.6 Å². The maximum atomic E-state index is 13.5. The molecule has 37 heavy (non-hydrogen) atoms. The molecule has 1 N–H and O–H groups in total. The second kappa shape index (κ2) is 10.9. The topological polar surface area (TPSA) is 73.9 Å². The zero-order valence-electron chi connectivity index (χ0n) is 21.2. The molecular weight excluding hydrogens is 466 g/mol. The lowest BCUT2D eigenvalue weighted by Crippen LogP contribution is -2.38. The van der Waals surface area contributed by atoms with Gasteiger partial charge in [-0.3, -0.25) is 9.59 Å². The Morgan fingerprint density at radius 1 is 0.838 bits per heavy atom. The second-order valence-electron chi connectivity index (χ2n) is 9.41. The first-order valence-electron chi connectivity index (χ1n) is 12.7. The normalized spacial score (nSPS) is 19.2. The van der Waals surface area contributed by atoms with Crippen molar-refractivity contribution in [2.75, 3.05) is 13.7 Å².